The molecule has 2 aromatic heterocycles. The molecule has 2 amide bonds. The Labute approximate surface area is 264 Å². The van der Waals surface area contributed by atoms with Crippen molar-refractivity contribution in [3.63, 3.8) is 0 Å². The summed E-state index contributed by atoms with van der Waals surface area (Å²) in [5.41, 5.74) is 0.0431. The van der Waals surface area contributed by atoms with E-state index in [9.17, 15) is 14.0 Å². The monoisotopic (exact) mass is 629 g/mol. The standard InChI is InChI=1S/C34H33F2N5O3S/c1-40(2)25-12-18-41(19-13-25)17-3-4-26-21-28-31(45-26)30(11-16-37-28)44-29-10-9-24(20-27(29)36)39-33(43)34(14-15-34)32(42)38-23-7-5-22(35)6-8-23/h5-11,16,20-21,25H,12-15,17-19H2,1-2H3,(H,38,42)(H,39,43). The quantitative estimate of drug-likeness (QED) is 0.181. The lowest BCUT2D eigenvalue weighted by Crippen LogP contribution is -2.41. The molecule has 6 rings (SSSR count). The van der Waals surface area contributed by atoms with E-state index in [2.05, 4.69) is 51.4 Å². The number of halogens is 2. The number of anilines is 2. The van der Waals surface area contributed by atoms with Gasteiger partial charge in [-0.25, -0.2) is 8.78 Å². The van der Waals surface area contributed by atoms with Crippen molar-refractivity contribution in [3.8, 4) is 23.3 Å². The van der Waals surface area contributed by atoms with Gasteiger partial charge in [0.25, 0.3) is 0 Å². The number of thiophene rings is 1. The molecule has 232 valence electrons. The highest BCUT2D eigenvalue weighted by Crippen LogP contribution is 2.47. The predicted octanol–water partition coefficient (Wildman–Crippen LogP) is 6.10. The highest BCUT2D eigenvalue weighted by molar-refractivity contribution is 7.19. The van der Waals surface area contributed by atoms with E-state index in [4.69, 9.17) is 4.74 Å². The van der Waals surface area contributed by atoms with Crippen LogP contribution < -0.4 is 15.4 Å². The summed E-state index contributed by atoms with van der Waals surface area (Å²) in [7, 11) is 4.26. The number of piperidine rings is 1. The maximum absolute atomic E-state index is 15.2. The second-order valence-corrected chi connectivity index (χ2v) is 12.7. The van der Waals surface area contributed by atoms with Crippen LogP contribution in [0, 0.1) is 28.9 Å². The number of hydrogen-bond acceptors (Lipinski definition) is 7. The first-order valence-corrected chi connectivity index (χ1v) is 15.6. The maximum atomic E-state index is 15.2. The average molecular weight is 630 g/mol. The summed E-state index contributed by atoms with van der Waals surface area (Å²) in [6.45, 7) is 2.77. The van der Waals surface area contributed by atoms with Crippen LogP contribution in [0.4, 0.5) is 20.2 Å². The van der Waals surface area contributed by atoms with Crippen LogP contribution in [0.15, 0.2) is 60.8 Å². The number of aromatic nitrogens is 1. The molecule has 2 N–H and O–H groups in total. The molecule has 0 unspecified atom stereocenters. The molecule has 3 heterocycles. The second-order valence-electron chi connectivity index (χ2n) is 11.7. The van der Waals surface area contributed by atoms with Crippen LogP contribution in [-0.2, 0) is 9.59 Å². The molecule has 45 heavy (non-hydrogen) atoms. The molecule has 8 nitrogen and oxygen atoms in total. The van der Waals surface area contributed by atoms with Crippen LogP contribution >= 0.6 is 11.3 Å². The topological polar surface area (TPSA) is 86.8 Å². The number of carbonyl (C=O) groups excluding carboxylic acids is 2. The molecule has 1 aliphatic carbocycles. The molecule has 1 saturated carbocycles. The fourth-order valence-electron chi connectivity index (χ4n) is 5.39. The van der Waals surface area contributed by atoms with Gasteiger partial charge in [0.05, 0.1) is 21.6 Å². The number of benzene rings is 2. The first-order chi connectivity index (χ1) is 21.7. The lowest BCUT2D eigenvalue weighted by molar-refractivity contribution is -0.131. The van der Waals surface area contributed by atoms with Gasteiger partial charge in [0.15, 0.2) is 11.6 Å². The first kappa shape index (κ1) is 30.6. The van der Waals surface area contributed by atoms with Crippen molar-refractivity contribution >= 4 is 44.7 Å². The van der Waals surface area contributed by atoms with Crippen molar-refractivity contribution in [2.45, 2.75) is 31.7 Å². The highest BCUT2D eigenvalue weighted by Gasteiger charge is 2.56. The van der Waals surface area contributed by atoms with Crippen LogP contribution in [0.2, 0.25) is 0 Å². The van der Waals surface area contributed by atoms with E-state index < -0.39 is 28.9 Å². The van der Waals surface area contributed by atoms with Crippen LogP contribution in [0.1, 0.15) is 30.6 Å². The van der Waals surface area contributed by atoms with E-state index in [1.807, 2.05) is 6.07 Å². The van der Waals surface area contributed by atoms with Crippen LogP contribution in [0.3, 0.4) is 0 Å². The molecule has 0 bridgehead atoms. The van der Waals surface area contributed by atoms with Gasteiger partial charge < -0.3 is 20.3 Å². The number of fused-ring (bicyclic) bond motifs is 1. The van der Waals surface area contributed by atoms with Gasteiger partial charge in [0.1, 0.15) is 17.0 Å². The number of ether oxygens (including phenoxy) is 1. The van der Waals surface area contributed by atoms with Gasteiger partial charge >= 0.3 is 0 Å². The van der Waals surface area contributed by atoms with Gasteiger partial charge in [-0.2, -0.15) is 0 Å². The Hall–Kier alpha value is -4.37. The molecule has 2 aromatic carbocycles. The Morgan fingerprint density at radius 1 is 1.00 bits per heavy atom. The van der Waals surface area contributed by atoms with Crippen molar-refractivity contribution in [3.05, 3.63) is 77.3 Å². The van der Waals surface area contributed by atoms with Gasteiger partial charge in [-0.15, -0.1) is 11.3 Å². The third kappa shape index (κ3) is 6.99. The van der Waals surface area contributed by atoms with Gasteiger partial charge in [-0.05, 0) is 82.2 Å². The first-order valence-electron chi connectivity index (χ1n) is 14.8. The van der Waals surface area contributed by atoms with Crippen molar-refractivity contribution < 1.29 is 23.1 Å². The summed E-state index contributed by atoms with van der Waals surface area (Å²) in [4.78, 5) is 35.8. The molecule has 2 fully saturated rings. The van der Waals surface area contributed by atoms with Crippen LogP contribution in [-0.4, -0.2) is 66.4 Å². The number of hydrogen-bond donors (Lipinski definition) is 2. The average Bonchev–Trinajstić information content (AvgIpc) is 3.74. The van der Waals surface area contributed by atoms with Gasteiger partial charge in [0.2, 0.25) is 11.8 Å². The second kappa shape index (κ2) is 12.9. The van der Waals surface area contributed by atoms with Crippen molar-refractivity contribution in [1.82, 2.24) is 14.8 Å². The molecule has 4 aromatic rings. The summed E-state index contributed by atoms with van der Waals surface area (Å²) >= 11 is 1.44. The predicted molar refractivity (Wildman–Crippen MR) is 171 cm³/mol. The van der Waals surface area contributed by atoms with Gasteiger partial charge in [-0.3, -0.25) is 19.5 Å². The maximum Gasteiger partial charge on any atom is 0.240 e. The SMILES string of the molecule is CN(C)C1CCN(CC#Cc2cc3nccc(Oc4ccc(NC(=O)C5(C(=O)Nc6ccc(F)cc6)CC5)cc4F)c3s2)CC1. The number of carbonyl (C=O) groups is 2. The van der Waals surface area contributed by atoms with Crippen molar-refractivity contribution in [2.24, 2.45) is 5.41 Å². The fourth-order valence-corrected chi connectivity index (χ4v) is 6.33. The molecule has 11 heteroatoms. The summed E-state index contributed by atoms with van der Waals surface area (Å²) in [5, 5.41) is 5.31. The smallest absolute Gasteiger partial charge is 0.240 e. The Morgan fingerprint density at radius 3 is 2.36 bits per heavy atom. The van der Waals surface area contributed by atoms with Crippen LogP contribution in [0.5, 0.6) is 11.5 Å². The Morgan fingerprint density at radius 2 is 1.69 bits per heavy atom. The number of pyridine rings is 1. The van der Waals surface area contributed by atoms with E-state index in [0.717, 1.165) is 41.6 Å². The van der Waals surface area contributed by atoms with Crippen LogP contribution in [0.25, 0.3) is 10.2 Å². The summed E-state index contributed by atoms with van der Waals surface area (Å²) in [6, 6.07) is 13.6. The zero-order valence-electron chi connectivity index (χ0n) is 25.0. The zero-order chi connectivity index (χ0) is 31.6. The third-order valence-corrected chi connectivity index (χ3v) is 9.36. The normalized spacial score (nSPS) is 16.2. The fraction of sp³-hybridized carbons (Fsp3) is 0.324. The molecule has 0 atom stereocenters. The summed E-state index contributed by atoms with van der Waals surface area (Å²) < 4.78 is 35.1. The van der Waals surface area contributed by atoms with E-state index in [-0.39, 0.29) is 11.4 Å². The molecular weight excluding hydrogens is 596 g/mol. The lowest BCUT2D eigenvalue weighted by atomic mass is 10.0. The largest absolute Gasteiger partial charge is 0.453 e. The molecule has 0 spiro atoms. The van der Waals surface area contributed by atoms with Crippen molar-refractivity contribution in [1.29, 1.82) is 0 Å². The number of nitrogens with zero attached hydrogens (tertiary/aromatic N) is 3. The van der Waals surface area contributed by atoms with E-state index in [1.54, 1.807) is 12.3 Å². The number of likely N-dealkylation sites (tertiary alicyclic amines) is 1. The number of nitrogens with one attached hydrogen (secondary N) is 2. The summed E-state index contributed by atoms with van der Waals surface area (Å²) in [6.07, 6.45) is 4.60. The third-order valence-electron chi connectivity index (χ3n) is 8.31. The lowest BCUT2D eigenvalue weighted by Gasteiger charge is -2.34. The van der Waals surface area contributed by atoms with E-state index in [1.165, 1.54) is 47.7 Å². The Bertz CT molecular complexity index is 1790. The highest BCUT2D eigenvalue weighted by atomic mass is 32.1. The molecule has 1 aliphatic heterocycles. The minimum atomic E-state index is -1.26. The van der Waals surface area contributed by atoms with Gasteiger partial charge in [-0.1, -0.05) is 11.8 Å². The molecule has 0 radical (unpaired) electrons. The minimum absolute atomic E-state index is 0.0159. The van der Waals surface area contributed by atoms with E-state index >= 15 is 4.39 Å². The number of amides is 2. The minimum Gasteiger partial charge on any atom is -0.453 e. The Kier molecular flexibility index (Phi) is 8.81. The number of rotatable bonds is 8. The Balaban J connectivity index is 1.08. The van der Waals surface area contributed by atoms with Gasteiger partial charge in [0, 0.05) is 48.8 Å². The van der Waals surface area contributed by atoms with E-state index in [0.29, 0.717) is 42.4 Å². The zero-order valence-corrected chi connectivity index (χ0v) is 25.8. The molecular formula is C34H33F2N5O3S. The molecule has 1 saturated heterocycles. The molecule has 2 aliphatic rings. The van der Waals surface area contributed by atoms with Crippen molar-refractivity contribution in [2.75, 3.05) is 44.4 Å². The summed E-state index contributed by atoms with van der Waals surface area (Å²) in [5.74, 6) is 4.85.